The molecule has 0 bridgehead atoms. The van der Waals surface area contributed by atoms with Crippen molar-refractivity contribution in [1.29, 1.82) is 0 Å². The maximum atomic E-state index is 13.7. The second-order valence-electron chi connectivity index (χ2n) is 8.56. The van der Waals surface area contributed by atoms with Crippen LogP contribution in [0.5, 0.6) is 0 Å². The molecule has 0 radical (unpaired) electrons. The van der Waals surface area contributed by atoms with Crippen molar-refractivity contribution in [2.45, 2.75) is 59.2 Å². The predicted octanol–water partition coefficient (Wildman–Crippen LogP) is 4.79. The Labute approximate surface area is 218 Å². The molecule has 0 heterocycles. The van der Waals surface area contributed by atoms with Gasteiger partial charge in [-0.15, -0.1) is 0 Å². The van der Waals surface area contributed by atoms with E-state index in [4.69, 9.17) is 23.2 Å². The Hall–Kier alpha value is -2.29. The molecule has 2 rings (SSSR count). The van der Waals surface area contributed by atoms with Crippen molar-refractivity contribution >= 4 is 50.7 Å². The molecule has 0 aliphatic carbocycles. The van der Waals surface area contributed by atoms with Crippen LogP contribution in [0.4, 0.5) is 5.69 Å². The van der Waals surface area contributed by atoms with Crippen LogP contribution in [-0.4, -0.2) is 50.0 Å². The molecule has 1 N–H and O–H groups in total. The third-order valence-electron chi connectivity index (χ3n) is 5.86. The molecule has 10 heteroatoms. The highest BCUT2D eigenvalue weighted by Crippen LogP contribution is 2.28. The predicted molar refractivity (Wildman–Crippen MR) is 142 cm³/mol. The van der Waals surface area contributed by atoms with E-state index in [2.05, 4.69) is 5.32 Å². The van der Waals surface area contributed by atoms with Gasteiger partial charge in [0.1, 0.15) is 12.6 Å². The highest BCUT2D eigenvalue weighted by atomic mass is 35.5. The maximum absolute atomic E-state index is 13.7. The van der Waals surface area contributed by atoms with Gasteiger partial charge in [-0.25, -0.2) is 8.42 Å². The highest BCUT2D eigenvalue weighted by molar-refractivity contribution is 7.92. The Morgan fingerprint density at radius 3 is 2.23 bits per heavy atom. The van der Waals surface area contributed by atoms with Crippen LogP contribution >= 0.6 is 23.2 Å². The molecule has 35 heavy (non-hydrogen) atoms. The molecule has 0 saturated carbocycles. The second kappa shape index (κ2) is 12.6. The van der Waals surface area contributed by atoms with Crippen molar-refractivity contribution in [3.63, 3.8) is 0 Å². The zero-order chi connectivity index (χ0) is 26.3. The number of rotatable bonds is 11. The van der Waals surface area contributed by atoms with E-state index in [1.807, 2.05) is 52.0 Å². The van der Waals surface area contributed by atoms with Crippen molar-refractivity contribution in [1.82, 2.24) is 10.2 Å². The van der Waals surface area contributed by atoms with E-state index in [0.29, 0.717) is 6.42 Å². The molecule has 0 saturated heterocycles. The zero-order valence-corrected chi connectivity index (χ0v) is 23.0. The zero-order valence-electron chi connectivity index (χ0n) is 20.7. The van der Waals surface area contributed by atoms with E-state index in [9.17, 15) is 18.0 Å². The third kappa shape index (κ3) is 7.85. The van der Waals surface area contributed by atoms with Crippen LogP contribution in [0.1, 0.15) is 44.7 Å². The summed E-state index contributed by atoms with van der Waals surface area (Å²) >= 11 is 12.1. The molecule has 0 aliphatic rings. The van der Waals surface area contributed by atoms with Gasteiger partial charge in [-0.05, 0) is 56.0 Å². The Morgan fingerprint density at radius 2 is 1.69 bits per heavy atom. The van der Waals surface area contributed by atoms with Crippen LogP contribution in [0.2, 0.25) is 10.0 Å². The van der Waals surface area contributed by atoms with Gasteiger partial charge in [0.15, 0.2) is 0 Å². The van der Waals surface area contributed by atoms with Gasteiger partial charge in [0.05, 0.1) is 22.0 Å². The summed E-state index contributed by atoms with van der Waals surface area (Å²) in [6, 6.07) is 11.1. The summed E-state index contributed by atoms with van der Waals surface area (Å²) in [5, 5.41) is 3.38. The lowest BCUT2D eigenvalue weighted by atomic mass is 10.1. The number of nitrogens with one attached hydrogen (secondary N) is 1. The van der Waals surface area contributed by atoms with E-state index < -0.39 is 28.5 Å². The third-order valence-corrected chi connectivity index (χ3v) is 7.74. The van der Waals surface area contributed by atoms with Gasteiger partial charge in [0.2, 0.25) is 21.8 Å². The lowest BCUT2D eigenvalue weighted by Gasteiger charge is -2.33. The molecule has 192 valence electrons. The average molecular weight is 543 g/mol. The van der Waals surface area contributed by atoms with E-state index in [0.717, 1.165) is 28.1 Å². The molecule has 0 fully saturated rings. The van der Waals surface area contributed by atoms with E-state index >= 15 is 0 Å². The molecule has 2 aromatic carbocycles. The van der Waals surface area contributed by atoms with Gasteiger partial charge < -0.3 is 10.2 Å². The average Bonchev–Trinajstić information content (AvgIpc) is 2.79. The molecule has 2 aromatic rings. The fraction of sp³-hybridized carbons (Fsp3) is 0.440. The minimum atomic E-state index is -3.85. The summed E-state index contributed by atoms with van der Waals surface area (Å²) < 4.78 is 26.3. The number of anilines is 1. The first-order valence-corrected chi connectivity index (χ1v) is 14.1. The van der Waals surface area contributed by atoms with Gasteiger partial charge in [-0.2, -0.15) is 0 Å². The van der Waals surface area contributed by atoms with E-state index in [1.165, 1.54) is 23.1 Å². The standard InChI is InChI=1S/C25H33Cl2N3O4S/c1-6-18(4)28-25(32)23(7-2)29(15-19-11-9-8-10-17(19)3)24(31)16-30(35(5,33)34)20-12-13-21(26)22(27)14-20/h8-14,18,23H,6-7,15-16H2,1-5H3,(H,28,32). The number of hydrogen-bond acceptors (Lipinski definition) is 4. The summed E-state index contributed by atoms with van der Waals surface area (Å²) in [6.07, 6.45) is 2.13. The molecule has 2 amide bonds. The lowest BCUT2D eigenvalue weighted by Crippen LogP contribution is -2.53. The Morgan fingerprint density at radius 1 is 1.03 bits per heavy atom. The number of amides is 2. The van der Waals surface area contributed by atoms with Crippen LogP contribution in [0.3, 0.4) is 0 Å². The van der Waals surface area contributed by atoms with Crippen LogP contribution in [-0.2, 0) is 26.2 Å². The number of halogens is 2. The van der Waals surface area contributed by atoms with Crippen LogP contribution in [0.15, 0.2) is 42.5 Å². The minimum absolute atomic E-state index is 0.0595. The van der Waals surface area contributed by atoms with Crippen molar-refractivity contribution in [2.75, 3.05) is 17.1 Å². The van der Waals surface area contributed by atoms with Gasteiger partial charge in [0, 0.05) is 12.6 Å². The monoisotopic (exact) mass is 541 g/mol. The summed E-state index contributed by atoms with van der Waals surface area (Å²) in [4.78, 5) is 28.3. The normalized spacial score (nSPS) is 13.1. The van der Waals surface area contributed by atoms with Crippen molar-refractivity contribution < 1.29 is 18.0 Å². The van der Waals surface area contributed by atoms with Crippen molar-refractivity contribution in [3.05, 3.63) is 63.6 Å². The lowest BCUT2D eigenvalue weighted by molar-refractivity contribution is -0.140. The topological polar surface area (TPSA) is 86.8 Å². The largest absolute Gasteiger partial charge is 0.352 e. The number of hydrogen-bond donors (Lipinski definition) is 1. The number of aryl methyl sites for hydroxylation is 1. The van der Waals surface area contributed by atoms with Crippen molar-refractivity contribution in [3.8, 4) is 0 Å². The molecule has 2 unspecified atom stereocenters. The first-order valence-electron chi connectivity index (χ1n) is 11.5. The summed E-state index contributed by atoms with van der Waals surface area (Å²) in [5.41, 5.74) is 2.05. The summed E-state index contributed by atoms with van der Waals surface area (Å²) in [6.45, 7) is 7.28. The van der Waals surface area contributed by atoms with Gasteiger partial charge in [-0.3, -0.25) is 13.9 Å². The molecular formula is C25H33Cl2N3O4S. The van der Waals surface area contributed by atoms with E-state index in [1.54, 1.807) is 0 Å². The van der Waals surface area contributed by atoms with Crippen LogP contribution in [0.25, 0.3) is 0 Å². The Kier molecular flexibility index (Phi) is 10.4. The molecule has 0 aromatic heterocycles. The molecular weight excluding hydrogens is 509 g/mol. The second-order valence-corrected chi connectivity index (χ2v) is 11.3. The fourth-order valence-corrected chi connectivity index (χ4v) is 4.72. The first kappa shape index (κ1) is 28.9. The van der Waals surface area contributed by atoms with Crippen molar-refractivity contribution in [2.24, 2.45) is 0 Å². The number of sulfonamides is 1. The van der Waals surface area contributed by atoms with Crippen LogP contribution in [0, 0.1) is 6.92 Å². The number of carbonyl (C=O) groups is 2. The Balaban J connectivity index is 2.47. The van der Waals surface area contributed by atoms with Gasteiger partial charge in [-0.1, -0.05) is 61.3 Å². The number of benzene rings is 2. The van der Waals surface area contributed by atoms with E-state index in [-0.39, 0.29) is 34.2 Å². The Bertz CT molecular complexity index is 1160. The fourth-order valence-electron chi connectivity index (χ4n) is 3.59. The van der Waals surface area contributed by atoms with Gasteiger partial charge in [0.25, 0.3) is 0 Å². The highest BCUT2D eigenvalue weighted by Gasteiger charge is 2.32. The van der Waals surface area contributed by atoms with Gasteiger partial charge >= 0.3 is 0 Å². The minimum Gasteiger partial charge on any atom is -0.352 e. The molecule has 2 atom stereocenters. The summed E-state index contributed by atoms with van der Waals surface area (Å²) in [5.74, 6) is -0.778. The number of nitrogens with zero attached hydrogens (tertiary/aromatic N) is 2. The SMILES string of the molecule is CCC(C)NC(=O)C(CC)N(Cc1ccccc1C)C(=O)CN(c1ccc(Cl)c(Cl)c1)S(C)(=O)=O. The van der Waals surface area contributed by atoms with Crippen LogP contribution < -0.4 is 9.62 Å². The first-order chi connectivity index (χ1) is 16.4. The molecule has 7 nitrogen and oxygen atoms in total. The smallest absolute Gasteiger partial charge is 0.244 e. The molecule has 0 aliphatic heterocycles. The quantitative estimate of drug-likeness (QED) is 0.443. The summed E-state index contributed by atoms with van der Waals surface area (Å²) in [7, 11) is -3.85. The number of carbonyl (C=O) groups excluding carboxylic acids is 2. The maximum Gasteiger partial charge on any atom is 0.244 e. The molecule has 0 spiro atoms.